The lowest BCUT2D eigenvalue weighted by molar-refractivity contribution is -0.135. The molecule has 0 aliphatic carbocycles. The fourth-order valence-electron chi connectivity index (χ4n) is 1.73. The molecule has 2 N–H and O–H groups in total. The Labute approximate surface area is 114 Å². The van der Waals surface area contributed by atoms with Crippen molar-refractivity contribution < 1.29 is 15.0 Å². The molecule has 0 saturated heterocycles. The summed E-state index contributed by atoms with van der Waals surface area (Å²) in [7, 11) is 0. The van der Waals surface area contributed by atoms with E-state index in [1.54, 1.807) is 11.8 Å². The summed E-state index contributed by atoms with van der Waals surface area (Å²) in [6, 6.07) is 7.64. The Kier molecular flexibility index (Phi) is 4.95. The van der Waals surface area contributed by atoms with Crippen LogP contribution in [0.4, 0.5) is 5.69 Å². The van der Waals surface area contributed by atoms with Crippen LogP contribution in [0.25, 0.3) is 0 Å². The summed E-state index contributed by atoms with van der Waals surface area (Å²) in [6.07, 6.45) is 0. The van der Waals surface area contributed by atoms with Crippen LogP contribution in [0.2, 0.25) is 0 Å². The third kappa shape index (κ3) is 4.56. The Morgan fingerprint density at radius 3 is 2.26 bits per heavy atom. The largest absolute Gasteiger partial charge is 0.480 e. The van der Waals surface area contributed by atoms with Crippen LogP contribution in [0, 0.1) is 12.8 Å². The topological polar surface area (TPSA) is 60.8 Å². The van der Waals surface area contributed by atoms with Gasteiger partial charge in [-0.15, -0.1) is 0 Å². The highest BCUT2D eigenvalue weighted by Crippen LogP contribution is 2.22. The van der Waals surface area contributed by atoms with Crippen molar-refractivity contribution >= 4 is 11.7 Å². The zero-order valence-electron chi connectivity index (χ0n) is 12.1. The molecule has 1 rings (SSSR count). The maximum Gasteiger partial charge on any atom is 0.323 e. The van der Waals surface area contributed by atoms with Gasteiger partial charge in [-0.1, -0.05) is 31.5 Å². The quantitative estimate of drug-likeness (QED) is 0.828. The summed E-state index contributed by atoms with van der Waals surface area (Å²) < 4.78 is 0. The normalized spacial score (nSPS) is 14.2. The van der Waals surface area contributed by atoms with Gasteiger partial charge in [-0.25, -0.2) is 0 Å². The van der Waals surface area contributed by atoms with Crippen LogP contribution in [-0.2, 0) is 4.79 Å². The van der Waals surface area contributed by atoms with Crippen molar-refractivity contribution in [2.75, 3.05) is 18.0 Å². The molecule has 0 spiro atoms. The lowest BCUT2D eigenvalue weighted by Gasteiger charge is -2.35. The van der Waals surface area contributed by atoms with Gasteiger partial charge in [0.25, 0.3) is 0 Å². The van der Waals surface area contributed by atoms with E-state index in [1.165, 1.54) is 0 Å². The molecule has 1 unspecified atom stereocenters. The predicted octanol–water partition coefficient (Wildman–Crippen LogP) is 2.29. The molecule has 0 aliphatic rings. The van der Waals surface area contributed by atoms with E-state index in [1.807, 2.05) is 45.0 Å². The second-order valence-electron chi connectivity index (χ2n) is 5.60. The van der Waals surface area contributed by atoms with Gasteiger partial charge in [-0.2, -0.15) is 0 Å². The van der Waals surface area contributed by atoms with Gasteiger partial charge >= 0.3 is 5.97 Å². The lowest BCUT2D eigenvalue weighted by Crippen LogP contribution is -2.46. The maximum atomic E-state index is 11.0. The Balaban J connectivity index is 2.95. The molecule has 1 aromatic carbocycles. The number of aliphatic hydroxyl groups is 1. The first kappa shape index (κ1) is 15.5. The summed E-state index contributed by atoms with van der Waals surface area (Å²) in [5.41, 5.74) is 1.00. The number of rotatable bonds is 6. The van der Waals surface area contributed by atoms with E-state index in [9.17, 15) is 9.90 Å². The number of carbonyl (C=O) groups is 1. The molecule has 0 radical (unpaired) electrons. The van der Waals surface area contributed by atoms with Crippen LogP contribution in [-0.4, -0.2) is 34.9 Å². The van der Waals surface area contributed by atoms with Gasteiger partial charge in [-0.3, -0.25) is 4.79 Å². The second-order valence-corrected chi connectivity index (χ2v) is 5.60. The number of carboxylic acid groups (broad SMARTS) is 1. The second kappa shape index (κ2) is 6.06. The molecule has 4 heteroatoms. The molecule has 0 aliphatic heterocycles. The summed E-state index contributed by atoms with van der Waals surface area (Å²) in [5.74, 6) is -0.852. The van der Waals surface area contributed by atoms with E-state index in [2.05, 4.69) is 0 Å². The van der Waals surface area contributed by atoms with E-state index in [4.69, 9.17) is 5.11 Å². The molecule has 4 nitrogen and oxygen atoms in total. The van der Waals surface area contributed by atoms with E-state index in [-0.39, 0.29) is 12.5 Å². The van der Waals surface area contributed by atoms with E-state index >= 15 is 0 Å². The number of carboxylic acids is 1. The highest BCUT2D eigenvalue weighted by atomic mass is 16.4. The van der Waals surface area contributed by atoms with Gasteiger partial charge < -0.3 is 15.1 Å². The van der Waals surface area contributed by atoms with Gasteiger partial charge in [0.2, 0.25) is 0 Å². The zero-order chi connectivity index (χ0) is 14.6. The van der Waals surface area contributed by atoms with Crippen LogP contribution in [0.15, 0.2) is 24.3 Å². The molecule has 106 valence electrons. The van der Waals surface area contributed by atoms with Gasteiger partial charge in [0, 0.05) is 12.2 Å². The minimum Gasteiger partial charge on any atom is -0.480 e. The highest BCUT2D eigenvalue weighted by Gasteiger charge is 2.28. The third-order valence-electron chi connectivity index (χ3n) is 3.48. The Morgan fingerprint density at radius 1 is 1.32 bits per heavy atom. The van der Waals surface area contributed by atoms with Crippen LogP contribution in [0.1, 0.15) is 26.3 Å². The molecular formula is C15H23NO3. The number of aliphatic carboxylic acids is 1. The summed E-state index contributed by atoms with van der Waals surface area (Å²) in [5, 5.41) is 19.4. The van der Waals surface area contributed by atoms with Crippen molar-refractivity contribution in [3.05, 3.63) is 29.8 Å². The van der Waals surface area contributed by atoms with E-state index < -0.39 is 11.6 Å². The lowest BCUT2D eigenvalue weighted by atomic mass is 9.92. The van der Waals surface area contributed by atoms with Crippen LogP contribution >= 0.6 is 0 Å². The number of anilines is 1. The van der Waals surface area contributed by atoms with Crippen LogP contribution in [0.3, 0.4) is 0 Å². The van der Waals surface area contributed by atoms with Crippen molar-refractivity contribution in [2.45, 2.75) is 33.3 Å². The SMILES string of the molecule is Cc1ccc(N(CC(=O)O)CC(C)(O)C(C)C)cc1. The third-order valence-corrected chi connectivity index (χ3v) is 3.48. The monoisotopic (exact) mass is 265 g/mol. The fraction of sp³-hybridized carbons (Fsp3) is 0.533. The molecule has 1 atom stereocenters. The highest BCUT2D eigenvalue weighted by molar-refractivity contribution is 5.73. The molecule has 0 bridgehead atoms. The first-order chi connectivity index (χ1) is 8.72. The molecule has 1 aromatic rings. The average Bonchev–Trinajstić information content (AvgIpc) is 2.27. The molecule has 19 heavy (non-hydrogen) atoms. The van der Waals surface area contributed by atoms with Crippen molar-refractivity contribution in [1.82, 2.24) is 0 Å². The van der Waals surface area contributed by atoms with Crippen molar-refractivity contribution in [2.24, 2.45) is 5.92 Å². The van der Waals surface area contributed by atoms with Gasteiger partial charge in [0.1, 0.15) is 6.54 Å². The van der Waals surface area contributed by atoms with Crippen molar-refractivity contribution in [3.8, 4) is 0 Å². The fourth-order valence-corrected chi connectivity index (χ4v) is 1.73. The molecule has 0 heterocycles. The van der Waals surface area contributed by atoms with Gasteiger partial charge in [0.15, 0.2) is 0 Å². The summed E-state index contributed by atoms with van der Waals surface area (Å²) >= 11 is 0. The van der Waals surface area contributed by atoms with Crippen LogP contribution in [0.5, 0.6) is 0 Å². The number of aryl methyl sites for hydroxylation is 1. The Hall–Kier alpha value is -1.55. The first-order valence-corrected chi connectivity index (χ1v) is 6.48. The van der Waals surface area contributed by atoms with Gasteiger partial charge in [-0.05, 0) is 31.9 Å². The number of hydrogen-bond acceptors (Lipinski definition) is 3. The zero-order valence-corrected chi connectivity index (χ0v) is 12.1. The number of hydrogen-bond donors (Lipinski definition) is 2. The minimum absolute atomic E-state index is 0.0502. The Morgan fingerprint density at radius 2 is 1.84 bits per heavy atom. The Bertz CT molecular complexity index is 424. The molecule has 0 saturated carbocycles. The van der Waals surface area contributed by atoms with Gasteiger partial charge in [0.05, 0.1) is 5.60 Å². The number of nitrogens with zero attached hydrogens (tertiary/aromatic N) is 1. The van der Waals surface area contributed by atoms with E-state index in [0.717, 1.165) is 11.3 Å². The van der Waals surface area contributed by atoms with E-state index in [0.29, 0.717) is 6.54 Å². The average molecular weight is 265 g/mol. The first-order valence-electron chi connectivity index (χ1n) is 6.48. The smallest absolute Gasteiger partial charge is 0.323 e. The molecule has 0 fully saturated rings. The summed E-state index contributed by atoms with van der Waals surface area (Å²) in [4.78, 5) is 12.7. The maximum absolute atomic E-state index is 11.0. The number of benzene rings is 1. The molecular weight excluding hydrogens is 242 g/mol. The standard InChI is InChI=1S/C15H23NO3/c1-11(2)15(4,19)10-16(9-14(17)18)13-7-5-12(3)6-8-13/h5-8,11,19H,9-10H2,1-4H3,(H,17,18). The van der Waals surface area contributed by atoms with Crippen LogP contribution < -0.4 is 4.90 Å². The predicted molar refractivity (Wildman–Crippen MR) is 76.5 cm³/mol. The van der Waals surface area contributed by atoms with Crippen molar-refractivity contribution in [1.29, 1.82) is 0 Å². The van der Waals surface area contributed by atoms with Crippen molar-refractivity contribution in [3.63, 3.8) is 0 Å². The summed E-state index contributed by atoms with van der Waals surface area (Å²) in [6.45, 7) is 7.74. The molecule has 0 aromatic heterocycles. The minimum atomic E-state index is -0.930. The molecule has 0 amide bonds.